The molecular weight excluding hydrogens is 278 g/mol. The highest BCUT2D eigenvalue weighted by Crippen LogP contribution is 2.10. The first-order chi connectivity index (χ1) is 10.7. The molecule has 0 aromatic rings. The largest absolute Gasteiger partial charge is 0.395 e. The molecular formula is C18H39NO3. The van der Waals surface area contributed by atoms with Gasteiger partial charge in [0, 0.05) is 19.7 Å². The summed E-state index contributed by atoms with van der Waals surface area (Å²) in [5.41, 5.74) is 0. The van der Waals surface area contributed by atoms with E-state index in [1.165, 1.54) is 57.8 Å². The molecule has 0 fully saturated rings. The maximum absolute atomic E-state index is 9.76. The predicted molar refractivity (Wildman–Crippen MR) is 93.3 cm³/mol. The van der Waals surface area contributed by atoms with Crippen molar-refractivity contribution in [1.29, 1.82) is 0 Å². The quantitative estimate of drug-likeness (QED) is 0.405. The molecule has 4 nitrogen and oxygen atoms in total. The zero-order valence-electron chi connectivity index (χ0n) is 14.9. The fourth-order valence-corrected chi connectivity index (χ4v) is 2.59. The van der Waals surface area contributed by atoms with Gasteiger partial charge < -0.3 is 19.8 Å². The maximum Gasteiger partial charge on any atom is 0.0900 e. The van der Waals surface area contributed by atoms with Gasteiger partial charge in [0.05, 0.1) is 19.3 Å². The lowest BCUT2D eigenvalue weighted by molar-refractivity contribution is 0.0176. The Balaban J connectivity index is 3.16. The molecule has 0 aliphatic rings. The third-order valence-electron chi connectivity index (χ3n) is 3.96. The number of unbranched alkanes of at least 4 members (excludes halogenated alkanes) is 9. The summed E-state index contributed by atoms with van der Waals surface area (Å²) in [6.45, 7) is 4.68. The van der Waals surface area contributed by atoms with Crippen LogP contribution in [0, 0.1) is 0 Å². The summed E-state index contributed by atoms with van der Waals surface area (Å²) in [6.07, 6.45) is 12.8. The van der Waals surface area contributed by atoms with Crippen LogP contribution < -0.4 is 0 Å². The SMILES string of the molecule is CCCCCCCCCCCCOCC(O)CN(C)CCO. The minimum atomic E-state index is -0.459. The Bertz CT molecular complexity index is 215. The molecule has 1 unspecified atom stereocenters. The van der Waals surface area contributed by atoms with Crippen LogP contribution in [0.15, 0.2) is 0 Å². The van der Waals surface area contributed by atoms with Crippen LogP contribution in [0.25, 0.3) is 0 Å². The second-order valence-corrected chi connectivity index (χ2v) is 6.40. The molecule has 0 bridgehead atoms. The van der Waals surface area contributed by atoms with Gasteiger partial charge in [-0.25, -0.2) is 0 Å². The van der Waals surface area contributed by atoms with Crippen molar-refractivity contribution in [2.24, 2.45) is 0 Å². The Morgan fingerprint density at radius 2 is 1.45 bits per heavy atom. The number of hydrogen-bond acceptors (Lipinski definition) is 4. The molecule has 0 aromatic heterocycles. The lowest BCUT2D eigenvalue weighted by Crippen LogP contribution is -2.33. The Morgan fingerprint density at radius 3 is 2.00 bits per heavy atom. The monoisotopic (exact) mass is 317 g/mol. The lowest BCUT2D eigenvalue weighted by Gasteiger charge is -2.19. The first-order valence-corrected chi connectivity index (χ1v) is 9.26. The maximum atomic E-state index is 9.76. The summed E-state index contributed by atoms with van der Waals surface area (Å²) in [5, 5.41) is 18.5. The number of rotatable bonds is 17. The molecule has 0 spiro atoms. The second-order valence-electron chi connectivity index (χ2n) is 6.40. The van der Waals surface area contributed by atoms with Gasteiger partial charge in [-0.05, 0) is 13.5 Å². The van der Waals surface area contributed by atoms with Crippen LogP contribution in [0.3, 0.4) is 0 Å². The molecule has 0 radical (unpaired) electrons. The van der Waals surface area contributed by atoms with Crippen molar-refractivity contribution in [2.75, 3.05) is 40.0 Å². The van der Waals surface area contributed by atoms with E-state index in [0.29, 0.717) is 19.7 Å². The van der Waals surface area contributed by atoms with E-state index >= 15 is 0 Å². The molecule has 0 amide bonds. The normalized spacial score (nSPS) is 13.0. The summed E-state index contributed by atoms with van der Waals surface area (Å²) >= 11 is 0. The van der Waals surface area contributed by atoms with E-state index in [1.54, 1.807) is 0 Å². The highest BCUT2D eigenvalue weighted by atomic mass is 16.5. The van der Waals surface area contributed by atoms with E-state index in [1.807, 2.05) is 11.9 Å². The Morgan fingerprint density at radius 1 is 0.909 bits per heavy atom. The summed E-state index contributed by atoms with van der Waals surface area (Å²) in [6, 6.07) is 0. The summed E-state index contributed by atoms with van der Waals surface area (Å²) in [7, 11) is 1.89. The standard InChI is InChI=1S/C18H39NO3/c1-3-4-5-6-7-8-9-10-11-12-15-22-17-18(21)16-19(2)13-14-20/h18,20-21H,3-17H2,1-2H3. The smallest absolute Gasteiger partial charge is 0.0900 e. The molecule has 22 heavy (non-hydrogen) atoms. The van der Waals surface area contributed by atoms with Crippen LogP contribution >= 0.6 is 0 Å². The van der Waals surface area contributed by atoms with Gasteiger partial charge in [0.25, 0.3) is 0 Å². The van der Waals surface area contributed by atoms with Gasteiger partial charge in [0.1, 0.15) is 0 Å². The second kappa shape index (κ2) is 17.2. The van der Waals surface area contributed by atoms with Crippen LogP contribution in [0.2, 0.25) is 0 Å². The van der Waals surface area contributed by atoms with Crippen LogP contribution in [-0.4, -0.2) is 61.2 Å². The molecule has 0 saturated carbocycles. The molecule has 0 saturated heterocycles. The van der Waals surface area contributed by atoms with Crippen LogP contribution in [-0.2, 0) is 4.74 Å². The molecule has 2 N–H and O–H groups in total. The van der Waals surface area contributed by atoms with Crippen LogP contribution in [0.4, 0.5) is 0 Å². The minimum Gasteiger partial charge on any atom is -0.395 e. The van der Waals surface area contributed by atoms with E-state index in [9.17, 15) is 5.11 Å². The Kier molecular flexibility index (Phi) is 17.1. The van der Waals surface area contributed by atoms with Crippen LogP contribution in [0.1, 0.15) is 71.1 Å². The van der Waals surface area contributed by atoms with Gasteiger partial charge in [-0.3, -0.25) is 0 Å². The zero-order valence-corrected chi connectivity index (χ0v) is 14.9. The molecule has 0 aromatic carbocycles. The topological polar surface area (TPSA) is 52.9 Å². The molecule has 4 heteroatoms. The zero-order chi connectivity index (χ0) is 16.5. The number of nitrogens with zero attached hydrogens (tertiary/aromatic N) is 1. The third-order valence-corrected chi connectivity index (χ3v) is 3.96. The van der Waals surface area contributed by atoms with Crippen molar-refractivity contribution in [1.82, 2.24) is 4.90 Å². The van der Waals surface area contributed by atoms with Crippen molar-refractivity contribution in [3.63, 3.8) is 0 Å². The number of likely N-dealkylation sites (N-methyl/N-ethyl adjacent to an activating group) is 1. The number of hydrogen-bond donors (Lipinski definition) is 2. The van der Waals surface area contributed by atoms with E-state index < -0.39 is 6.10 Å². The predicted octanol–water partition coefficient (Wildman–Crippen LogP) is 3.21. The van der Waals surface area contributed by atoms with E-state index in [2.05, 4.69) is 6.92 Å². The first kappa shape index (κ1) is 21.8. The number of aliphatic hydroxyl groups excluding tert-OH is 2. The van der Waals surface area contributed by atoms with E-state index in [-0.39, 0.29) is 6.61 Å². The molecule has 0 heterocycles. The average molecular weight is 318 g/mol. The van der Waals surface area contributed by atoms with E-state index in [0.717, 1.165) is 13.0 Å². The highest BCUT2D eigenvalue weighted by Gasteiger charge is 2.07. The molecule has 0 aliphatic carbocycles. The number of aliphatic hydroxyl groups is 2. The molecule has 134 valence electrons. The van der Waals surface area contributed by atoms with Gasteiger partial charge in [0.2, 0.25) is 0 Å². The van der Waals surface area contributed by atoms with Crippen molar-refractivity contribution >= 4 is 0 Å². The highest BCUT2D eigenvalue weighted by molar-refractivity contribution is 4.60. The van der Waals surface area contributed by atoms with E-state index in [4.69, 9.17) is 9.84 Å². The van der Waals surface area contributed by atoms with Crippen molar-refractivity contribution < 1.29 is 14.9 Å². The minimum absolute atomic E-state index is 0.128. The van der Waals surface area contributed by atoms with Gasteiger partial charge in [-0.15, -0.1) is 0 Å². The van der Waals surface area contributed by atoms with Gasteiger partial charge in [-0.2, -0.15) is 0 Å². The van der Waals surface area contributed by atoms with Gasteiger partial charge >= 0.3 is 0 Å². The molecule has 0 rings (SSSR count). The lowest BCUT2D eigenvalue weighted by atomic mass is 10.1. The summed E-state index contributed by atoms with van der Waals surface area (Å²) in [5.74, 6) is 0. The van der Waals surface area contributed by atoms with Crippen LogP contribution in [0.5, 0.6) is 0 Å². The van der Waals surface area contributed by atoms with Gasteiger partial charge in [0.15, 0.2) is 0 Å². The van der Waals surface area contributed by atoms with Crippen molar-refractivity contribution in [2.45, 2.75) is 77.2 Å². The Labute approximate surface area is 137 Å². The van der Waals surface area contributed by atoms with Crippen molar-refractivity contribution in [3.8, 4) is 0 Å². The third kappa shape index (κ3) is 16.2. The van der Waals surface area contributed by atoms with Gasteiger partial charge in [-0.1, -0.05) is 64.7 Å². The summed E-state index contributed by atoms with van der Waals surface area (Å²) < 4.78 is 5.51. The average Bonchev–Trinajstić information content (AvgIpc) is 2.48. The fourth-order valence-electron chi connectivity index (χ4n) is 2.59. The molecule has 0 aliphatic heterocycles. The fraction of sp³-hybridized carbons (Fsp3) is 1.00. The summed E-state index contributed by atoms with van der Waals surface area (Å²) in [4.78, 5) is 1.91. The first-order valence-electron chi connectivity index (χ1n) is 9.26. The number of ether oxygens (including phenoxy) is 1. The van der Waals surface area contributed by atoms with Crippen molar-refractivity contribution in [3.05, 3.63) is 0 Å². The Hall–Kier alpha value is -0.160. The molecule has 1 atom stereocenters.